The molecule has 1 heterocycles. The zero-order valence-corrected chi connectivity index (χ0v) is 16.4. The lowest BCUT2D eigenvalue weighted by Gasteiger charge is -2.14. The van der Waals surface area contributed by atoms with Crippen LogP contribution >= 0.6 is 22.9 Å². The summed E-state index contributed by atoms with van der Waals surface area (Å²) in [6.45, 7) is 0. The lowest BCUT2D eigenvalue weighted by Crippen LogP contribution is -2.21. The molecule has 2 unspecified atom stereocenters. The Kier molecular flexibility index (Phi) is 5.29. The number of carboxylic acid groups (broad SMARTS) is 1. The minimum absolute atomic E-state index is 0.214. The van der Waals surface area contributed by atoms with Crippen molar-refractivity contribution in [3.05, 3.63) is 69.8 Å². The van der Waals surface area contributed by atoms with Gasteiger partial charge in [-0.15, -0.1) is 11.3 Å². The Labute approximate surface area is 173 Å². The molecule has 1 aliphatic carbocycles. The van der Waals surface area contributed by atoms with Crippen LogP contribution in [0.15, 0.2) is 52.9 Å². The summed E-state index contributed by atoms with van der Waals surface area (Å²) >= 11 is 7.32. The Morgan fingerprint density at radius 2 is 2.14 bits per heavy atom. The maximum atomic E-state index is 13.8. The number of aromatic carboxylic acids is 1. The molecule has 9 heteroatoms. The minimum atomic E-state index is -1.27. The highest BCUT2D eigenvalue weighted by Gasteiger charge is 2.44. The van der Waals surface area contributed by atoms with E-state index in [0.29, 0.717) is 22.3 Å². The molecule has 2 atom stereocenters. The molecule has 0 saturated heterocycles. The number of thiazole rings is 1. The van der Waals surface area contributed by atoms with Crippen LogP contribution in [0.3, 0.4) is 0 Å². The zero-order valence-electron chi connectivity index (χ0n) is 14.8. The van der Waals surface area contributed by atoms with Crippen molar-refractivity contribution in [2.45, 2.75) is 18.6 Å². The van der Waals surface area contributed by atoms with Gasteiger partial charge >= 0.3 is 5.97 Å². The third kappa shape index (κ3) is 4.28. The maximum Gasteiger partial charge on any atom is 0.336 e. The smallest absolute Gasteiger partial charge is 0.336 e. The van der Waals surface area contributed by atoms with Crippen molar-refractivity contribution in [1.29, 1.82) is 0 Å². The number of hydrogen-bond donors (Lipinski definition) is 1. The zero-order chi connectivity index (χ0) is 20.5. The van der Waals surface area contributed by atoms with E-state index < -0.39 is 24.0 Å². The molecule has 1 saturated carbocycles. The number of halogens is 3. The van der Waals surface area contributed by atoms with Crippen molar-refractivity contribution in [3.8, 4) is 11.3 Å². The van der Waals surface area contributed by atoms with Crippen LogP contribution in [0.4, 0.5) is 13.9 Å². The number of carboxylic acids is 1. The van der Waals surface area contributed by atoms with Crippen molar-refractivity contribution in [2.75, 3.05) is 5.01 Å². The molecule has 0 amide bonds. The number of anilines is 1. The molecule has 0 bridgehead atoms. The quantitative estimate of drug-likeness (QED) is 0.426. The Balaban J connectivity index is 1.65. The molecule has 0 radical (unpaired) electrons. The highest BCUT2D eigenvalue weighted by molar-refractivity contribution is 7.14. The normalized spacial score (nSPS) is 18.2. The second-order valence-electron chi connectivity index (χ2n) is 6.47. The Hall–Kier alpha value is -2.84. The van der Waals surface area contributed by atoms with Gasteiger partial charge in [0.15, 0.2) is 0 Å². The molecule has 5 nitrogen and oxygen atoms in total. The number of alkyl halides is 1. The molecule has 0 aliphatic heterocycles. The molecule has 3 aromatic rings. The largest absolute Gasteiger partial charge is 0.478 e. The molecule has 2 aromatic carbocycles. The van der Waals surface area contributed by atoms with Crippen molar-refractivity contribution in [3.63, 3.8) is 0 Å². The van der Waals surface area contributed by atoms with E-state index in [-0.39, 0.29) is 11.1 Å². The molecule has 1 N–H and O–H groups in total. The Morgan fingerprint density at radius 3 is 2.83 bits per heavy atom. The number of hydrazone groups is 1. The van der Waals surface area contributed by atoms with E-state index in [4.69, 9.17) is 11.6 Å². The standard InChI is InChI=1S/C20H14ClF2N3O2S/c21-13-3-1-2-11(6-13)17-10-29-20(25-17)26(18-8-16(18)23)24-9-12-4-5-14(22)7-15(12)19(27)28/h1-7,9-10,16,18H,8H2,(H,27,28)/b24-9+. The van der Waals surface area contributed by atoms with Crippen LogP contribution in [-0.2, 0) is 0 Å². The van der Waals surface area contributed by atoms with Crippen LogP contribution in [0, 0.1) is 5.82 Å². The third-order valence-corrected chi connectivity index (χ3v) is 5.44. The molecule has 148 valence electrons. The first-order chi connectivity index (χ1) is 13.9. The van der Waals surface area contributed by atoms with Gasteiger partial charge in [0.05, 0.1) is 23.5 Å². The van der Waals surface area contributed by atoms with E-state index in [1.165, 1.54) is 28.6 Å². The average Bonchev–Trinajstić information content (AvgIpc) is 3.20. The summed E-state index contributed by atoms with van der Waals surface area (Å²) in [5.74, 6) is -1.93. The predicted molar refractivity (Wildman–Crippen MR) is 109 cm³/mol. The number of carbonyl (C=O) groups is 1. The SMILES string of the molecule is O=C(O)c1cc(F)ccc1/C=N/N(c1nc(-c2cccc(Cl)c2)cs1)C1CC1F. The summed E-state index contributed by atoms with van der Waals surface area (Å²) in [5.41, 5.74) is 1.49. The highest BCUT2D eigenvalue weighted by Crippen LogP contribution is 2.38. The Morgan fingerprint density at radius 1 is 1.34 bits per heavy atom. The van der Waals surface area contributed by atoms with Crippen LogP contribution in [0.2, 0.25) is 5.02 Å². The number of benzene rings is 2. The van der Waals surface area contributed by atoms with Crippen molar-refractivity contribution >= 4 is 40.3 Å². The van der Waals surface area contributed by atoms with E-state index in [2.05, 4.69) is 10.1 Å². The lowest BCUT2D eigenvalue weighted by atomic mass is 10.1. The van der Waals surface area contributed by atoms with Gasteiger partial charge in [-0.1, -0.05) is 23.7 Å². The summed E-state index contributed by atoms with van der Waals surface area (Å²) in [6, 6.07) is 10.1. The van der Waals surface area contributed by atoms with Crippen LogP contribution in [-0.4, -0.2) is 34.5 Å². The van der Waals surface area contributed by atoms with Gasteiger partial charge in [0.25, 0.3) is 0 Å². The lowest BCUT2D eigenvalue weighted by molar-refractivity contribution is 0.0696. The Bertz CT molecular complexity index is 1100. The predicted octanol–water partition coefficient (Wildman–Crippen LogP) is 5.25. The van der Waals surface area contributed by atoms with Gasteiger partial charge in [-0.05, 0) is 30.3 Å². The first-order valence-electron chi connectivity index (χ1n) is 8.64. The summed E-state index contributed by atoms with van der Waals surface area (Å²) in [5, 5.41) is 17.9. The summed E-state index contributed by atoms with van der Waals surface area (Å²) in [4.78, 5) is 15.9. The molecule has 0 spiro atoms. The highest BCUT2D eigenvalue weighted by atomic mass is 35.5. The van der Waals surface area contributed by atoms with Crippen molar-refractivity contribution in [2.24, 2.45) is 5.10 Å². The van der Waals surface area contributed by atoms with Gasteiger partial charge in [-0.3, -0.25) is 0 Å². The maximum absolute atomic E-state index is 13.8. The molecule has 29 heavy (non-hydrogen) atoms. The molecular weight excluding hydrogens is 420 g/mol. The van der Waals surface area contributed by atoms with E-state index in [1.54, 1.807) is 12.1 Å². The van der Waals surface area contributed by atoms with Crippen LogP contribution in [0.1, 0.15) is 22.3 Å². The number of hydrogen-bond acceptors (Lipinski definition) is 5. The van der Waals surface area contributed by atoms with Crippen molar-refractivity contribution in [1.82, 2.24) is 4.98 Å². The molecular formula is C20H14ClF2N3O2S. The number of aromatic nitrogens is 1. The molecule has 1 aromatic heterocycles. The summed E-state index contributed by atoms with van der Waals surface area (Å²) in [7, 11) is 0. The fraction of sp³-hybridized carbons (Fsp3) is 0.150. The third-order valence-electron chi connectivity index (χ3n) is 4.37. The van der Waals surface area contributed by atoms with E-state index in [9.17, 15) is 18.7 Å². The second-order valence-corrected chi connectivity index (χ2v) is 7.74. The number of rotatable bonds is 6. The second kappa shape index (κ2) is 7.88. The first kappa shape index (κ1) is 19.5. The van der Waals surface area contributed by atoms with Crippen LogP contribution < -0.4 is 5.01 Å². The minimum Gasteiger partial charge on any atom is -0.478 e. The molecule has 1 aliphatic rings. The topological polar surface area (TPSA) is 65.8 Å². The van der Waals surface area contributed by atoms with Gasteiger partial charge < -0.3 is 5.11 Å². The van der Waals surface area contributed by atoms with Gasteiger partial charge in [-0.25, -0.2) is 23.6 Å². The molecule has 4 rings (SSSR count). The fourth-order valence-corrected chi connectivity index (χ4v) is 3.82. The van der Waals surface area contributed by atoms with Gasteiger partial charge in [0.2, 0.25) is 5.13 Å². The summed E-state index contributed by atoms with van der Waals surface area (Å²) in [6.07, 6.45) is 0.547. The van der Waals surface area contributed by atoms with Gasteiger partial charge in [0, 0.05) is 28.0 Å². The summed E-state index contributed by atoms with van der Waals surface area (Å²) < 4.78 is 27.1. The first-order valence-corrected chi connectivity index (χ1v) is 9.90. The fourth-order valence-electron chi connectivity index (χ4n) is 2.78. The van der Waals surface area contributed by atoms with Crippen molar-refractivity contribution < 1.29 is 18.7 Å². The average molecular weight is 434 g/mol. The monoisotopic (exact) mass is 433 g/mol. The van der Waals surface area contributed by atoms with E-state index in [1.807, 2.05) is 17.5 Å². The van der Waals surface area contributed by atoms with Gasteiger partial charge in [-0.2, -0.15) is 5.10 Å². The number of nitrogens with zero attached hydrogens (tertiary/aromatic N) is 3. The van der Waals surface area contributed by atoms with E-state index >= 15 is 0 Å². The van der Waals surface area contributed by atoms with Crippen LogP contribution in [0.25, 0.3) is 11.3 Å². The molecule has 1 fully saturated rings. The van der Waals surface area contributed by atoms with Gasteiger partial charge in [0.1, 0.15) is 12.0 Å². The van der Waals surface area contributed by atoms with Crippen LogP contribution in [0.5, 0.6) is 0 Å². The van der Waals surface area contributed by atoms with E-state index in [0.717, 1.165) is 17.7 Å².